The third-order valence-electron chi connectivity index (χ3n) is 2.60. The number of fused-ring (bicyclic) bond motifs is 1. The Morgan fingerprint density at radius 1 is 1.24 bits per heavy atom. The summed E-state index contributed by atoms with van der Waals surface area (Å²) in [5.41, 5.74) is 1.81. The second kappa shape index (κ2) is 4.16. The molecule has 1 aliphatic heterocycles. The van der Waals surface area contributed by atoms with Gasteiger partial charge in [-0.2, -0.15) is 0 Å². The van der Waals surface area contributed by atoms with Crippen molar-refractivity contribution in [2.45, 2.75) is 0 Å². The van der Waals surface area contributed by atoms with E-state index in [1.54, 1.807) is 24.3 Å². The van der Waals surface area contributed by atoms with Crippen LogP contribution in [0.4, 0.5) is 0 Å². The van der Waals surface area contributed by atoms with E-state index in [4.69, 9.17) is 10.7 Å². The van der Waals surface area contributed by atoms with E-state index in [1.165, 1.54) is 4.90 Å². The molecule has 1 aliphatic rings. The molecule has 0 atom stereocenters. The minimum absolute atomic E-state index is 0.0260. The van der Waals surface area contributed by atoms with E-state index < -0.39 is 9.05 Å². The molecule has 6 heteroatoms. The first-order valence-electron chi connectivity index (χ1n) is 4.92. The number of carbonyl (C=O) groups is 1. The lowest BCUT2D eigenvalue weighted by molar-refractivity contribution is 0.0857. The van der Waals surface area contributed by atoms with Crippen LogP contribution in [0.15, 0.2) is 30.8 Å². The molecular weight excluding hydrogens is 262 g/mol. The number of hydrogen-bond donors (Lipinski definition) is 0. The molecule has 0 radical (unpaired) electrons. The van der Waals surface area contributed by atoms with Crippen LogP contribution in [-0.2, 0) is 9.05 Å². The summed E-state index contributed by atoms with van der Waals surface area (Å²) < 4.78 is 21.7. The highest BCUT2D eigenvalue weighted by Gasteiger charge is 2.30. The molecule has 2 rings (SSSR count). The number of benzene rings is 1. The molecule has 0 spiro atoms. The Morgan fingerprint density at radius 3 is 2.35 bits per heavy atom. The van der Waals surface area contributed by atoms with E-state index in [0.29, 0.717) is 11.3 Å². The van der Waals surface area contributed by atoms with Gasteiger partial charge in [-0.3, -0.25) is 4.79 Å². The molecule has 1 amide bonds. The highest BCUT2D eigenvalue weighted by molar-refractivity contribution is 8.13. The number of nitrogens with zero attached hydrogens (tertiary/aromatic N) is 1. The van der Waals surface area contributed by atoms with Gasteiger partial charge in [-0.05, 0) is 6.07 Å². The van der Waals surface area contributed by atoms with E-state index in [1.807, 2.05) is 0 Å². The van der Waals surface area contributed by atoms with Crippen LogP contribution in [0.1, 0.15) is 15.9 Å². The Morgan fingerprint density at radius 2 is 1.82 bits per heavy atom. The molecule has 0 aromatic heterocycles. The lowest BCUT2D eigenvalue weighted by atomic mass is 10.1. The predicted molar refractivity (Wildman–Crippen MR) is 66.2 cm³/mol. The highest BCUT2D eigenvalue weighted by atomic mass is 35.7. The lowest BCUT2D eigenvalue weighted by Crippen LogP contribution is -2.27. The maximum absolute atomic E-state index is 12.0. The average Bonchev–Trinajstić information content (AvgIpc) is 2.49. The molecule has 17 heavy (non-hydrogen) atoms. The summed E-state index contributed by atoms with van der Waals surface area (Å²) in [6, 6.07) is 7.04. The van der Waals surface area contributed by atoms with Crippen LogP contribution in [0.5, 0.6) is 0 Å². The summed E-state index contributed by atoms with van der Waals surface area (Å²) in [6.45, 7) is 3.82. The number of amides is 1. The van der Waals surface area contributed by atoms with Crippen LogP contribution in [0.25, 0.3) is 5.70 Å². The Bertz CT molecular complexity index is 559. The van der Waals surface area contributed by atoms with Crippen molar-refractivity contribution in [1.82, 2.24) is 4.90 Å². The van der Waals surface area contributed by atoms with Crippen molar-refractivity contribution in [2.24, 2.45) is 0 Å². The molecule has 4 nitrogen and oxygen atoms in total. The molecule has 0 saturated heterocycles. The van der Waals surface area contributed by atoms with Crippen molar-refractivity contribution < 1.29 is 13.2 Å². The van der Waals surface area contributed by atoms with Crippen molar-refractivity contribution in [3.63, 3.8) is 0 Å². The maximum Gasteiger partial charge on any atom is 0.258 e. The summed E-state index contributed by atoms with van der Waals surface area (Å²) in [5, 5.41) is 0. The van der Waals surface area contributed by atoms with Crippen molar-refractivity contribution in [1.29, 1.82) is 0 Å². The first kappa shape index (κ1) is 12.1. The SMILES string of the molecule is C=C1c2ccccc2C(=O)N1CCS(=O)(=O)Cl. The largest absolute Gasteiger partial charge is 0.307 e. The second-order valence-electron chi connectivity index (χ2n) is 3.69. The number of rotatable bonds is 3. The predicted octanol–water partition coefficient (Wildman–Crippen LogP) is 1.68. The zero-order valence-corrected chi connectivity index (χ0v) is 10.5. The Kier molecular flexibility index (Phi) is 2.97. The van der Waals surface area contributed by atoms with Gasteiger partial charge in [0, 0.05) is 34.1 Å². The van der Waals surface area contributed by atoms with Gasteiger partial charge in [0.25, 0.3) is 5.91 Å². The quantitative estimate of drug-likeness (QED) is 0.786. The average molecular weight is 272 g/mol. The van der Waals surface area contributed by atoms with Crippen molar-refractivity contribution in [3.05, 3.63) is 42.0 Å². The molecule has 0 fully saturated rings. The summed E-state index contributed by atoms with van der Waals surface area (Å²) in [7, 11) is 1.51. The van der Waals surface area contributed by atoms with Gasteiger partial charge < -0.3 is 4.90 Å². The Hall–Kier alpha value is -1.33. The molecule has 1 aromatic carbocycles. The van der Waals surface area contributed by atoms with Crippen LogP contribution in [-0.4, -0.2) is 31.5 Å². The van der Waals surface area contributed by atoms with Crippen LogP contribution < -0.4 is 0 Å². The van der Waals surface area contributed by atoms with E-state index in [9.17, 15) is 13.2 Å². The smallest absolute Gasteiger partial charge is 0.258 e. The molecule has 1 aromatic rings. The minimum Gasteiger partial charge on any atom is -0.307 e. The zero-order chi connectivity index (χ0) is 12.6. The standard InChI is InChI=1S/C11H10ClNO3S/c1-8-9-4-2-3-5-10(9)11(14)13(8)6-7-17(12,15)16/h2-5H,1,6-7H2. The van der Waals surface area contributed by atoms with Gasteiger partial charge in [-0.1, -0.05) is 24.8 Å². The Labute approximate surface area is 104 Å². The maximum atomic E-state index is 12.0. The summed E-state index contributed by atoms with van der Waals surface area (Å²) in [5.74, 6) is -0.515. The van der Waals surface area contributed by atoms with Gasteiger partial charge in [0.1, 0.15) is 0 Å². The first-order valence-corrected chi connectivity index (χ1v) is 7.40. The molecule has 0 unspecified atom stereocenters. The van der Waals surface area contributed by atoms with Crippen LogP contribution >= 0.6 is 10.7 Å². The minimum atomic E-state index is -3.61. The Balaban J connectivity index is 2.25. The number of hydrogen-bond acceptors (Lipinski definition) is 3. The normalized spacial score (nSPS) is 15.2. The molecule has 0 N–H and O–H groups in total. The van der Waals surface area contributed by atoms with E-state index in [0.717, 1.165) is 5.56 Å². The molecular formula is C11H10ClNO3S. The van der Waals surface area contributed by atoms with Crippen molar-refractivity contribution in [3.8, 4) is 0 Å². The fourth-order valence-corrected chi connectivity index (χ4v) is 2.38. The third kappa shape index (κ3) is 2.35. The number of halogens is 1. The molecule has 1 heterocycles. The van der Waals surface area contributed by atoms with Gasteiger partial charge in [-0.25, -0.2) is 8.42 Å². The lowest BCUT2D eigenvalue weighted by Gasteiger charge is -2.15. The molecule has 90 valence electrons. The number of carbonyl (C=O) groups excluding carboxylic acids is 1. The van der Waals surface area contributed by atoms with Crippen molar-refractivity contribution >= 4 is 31.3 Å². The zero-order valence-electron chi connectivity index (χ0n) is 8.89. The molecule has 0 saturated carbocycles. The fraction of sp³-hybridized carbons (Fsp3) is 0.182. The molecule has 0 aliphatic carbocycles. The topological polar surface area (TPSA) is 54.5 Å². The van der Waals surface area contributed by atoms with E-state index >= 15 is 0 Å². The second-order valence-corrected chi connectivity index (χ2v) is 6.59. The van der Waals surface area contributed by atoms with Crippen LogP contribution in [0.2, 0.25) is 0 Å². The fourth-order valence-electron chi connectivity index (χ4n) is 1.77. The van der Waals surface area contributed by atoms with E-state index in [-0.39, 0.29) is 18.2 Å². The van der Waals surface area contributed by atoms with Crippen molar-refractivity contribution in [2.75, 3.05) is 12.3 Å². The third-order valence-corrected chi connectivity index (χ3v) is 3.73. The van der Waals surface area contributed by atoms with Gasteiger partial charge >= 0.3 is 0 Å². The van der Waals surface area contributed by atoms with Crippen LogP contribution in [0.3, 0.4) is 0 Å². The first-order chi connectivity index (χ1) is 7.90. The van der Waals surface area contributed by atoms with Gasteiger partial charge in [0.2, 0.25) is 9.05 Å². The molecule has 0 bridgehead atoms. The summed E-state index contributed by atoms with van der Waals surface area (Å²) in [4.78, 5) is 13.3. The summed E-state index contributed by atoms with van der Waals surface area (Å²) in [6.07, 6.45) is 0. The van der Waals surface area contributed by atoms with E-state index in [2.05, 4.69) is 6.58 Å². The highest BCUT2D eigenvalue weighted by Crippen LogP contribution is 2.30. The van der Waals surface area contributed by atoms with Crippen LogP contribution in [0, 0.1) is 0 Å². The summed E-state index contributed by atoms with van der Waals surface area (Å²) >= 11 is 0. The monoisotopic (exact) mass is 271 g/mol. The van der Waals surface area contributed by atoms with Gasteiger partial charge in [-0.15, -0.1) is 0 Å². The van der Waals surface area contributed by atoms with Gasteiger partial charge in [0.15, 0.2) is 0 Å². The van der Waals surface area contributed by atoms with Gasteiger partial charge in [0.05, 0.1) is 5.75 Å².